The second kappa shape index (κ2) is 12.9. The highest BCUT2D eigenvalue weighted by atomic mass is 32.1. The molecule has 0 amide bonds. The minimum Gasteiger partial charge on any atom is -0.455 e. The maximum Gasteiger partial charge on any atom is 0.143 e. The largest absolute Gasteiger partial charge is 0.455 e. The van der Waals surface area contributed by atoms with Crippen molar-refractivity contribution in [3.63, 3.8) is 0 Å². The molecule has 258 valence electrons. The molecule has 0 bridgehead atoms. The Morgan fingerprint density at radius 3 is 1.71 bits per heavy atom. The highest BCUT2D eigenvalue weighted by Gasteiger charge is 2.18. The van der Waals surface area contributed by atoms with Gasteiger partial charge in [0.05, 0.1) is 0 Å². The van der Waals surface area contributed by atoms with Gasteiger partial charge in [0, 0.05) is 53.6 Å². The predicted molar refractivity (Wildman–Crippen MR) is 235 cm³/mol. The first-order valence-corrected chi connectivity index (χ1v) is 19.5. The van der Waals surface area contributed by atoms with E-state index in [1.165, 1.54) is 53.2 Å². The summed E-state index contributed by atoms with van der Waals surface area (Å²) in [5.41, 5.74) is 12.0. The molecule has 11 aromatic rings. The van der Waals surface area contributed by atoms with Crippen LogP contribution in [0, 0.1) is 0 Å². The Morgan fingerprint density at radius 2 is 0.909 bits per heavy atom. The summed E-state index contributed by atoms with van der Waals surface area (Å²) in [6, 6.07) is 72.3. The SMILES string of the molecule is c1cc(-c2ccc3ccccc3c2)cc(N(c2cccc(-c3ccc4c(c3)sc3ccccc34)c2)c2cccc(-c3cccc4c3oc3ccccc34)c2)c1. The number of furan rings is 1. The van der Waals surface area contributed by atoms with E-state index >= 15 is 0 Å². The Balaban J connectivity index is 1.07. The van der Waals surface area contributed by atoms with Crippen LogP contribution in [0.15, 0.2) is 205 Å². The van der Waals surface area contributed by atoms with Crippen LogP contribution in [0.2, 0.25) is 0 Å². The third-order valence-corrected chi connectivity index (χ3v) is 12.0. The van der Waals surface area contributed by atoms with Crippen molar-refractivity contribution in [2.75, 3.05) is 4.90 Å². The quantitative estimate of drug-likeness (QED) is 0.170. The van der Waals surface area contributed by atoms with Crippen molar-refractivity contribution in [2.45, 2.75) is 0 Å². The predicted octanol–water partition coefficient (Wildman–Crippen LogP) is 15.6. The molecule has 11 rings (SSSR count). The van der Waals surface area contributed by atoms with Crippen LogP contribution in [0.25, 0.3) is 86.3 Å². The summed E-state index contributed by atoms with van der Waals surface area (Å²) < 4.78 is 9.13. The summed E-state index contributed by atoms with van der Waals surface area (Å²) in [4.78, 5) is 2.38. The Labute approximate surface area is 322 Å². The number of fused-ring (bicyclic) bond motifs is 7. The molecule has 0 radical (unpaired) electrons. The van der Waals surface area contributed by atoms with Gasteiger partial charge in [-0.1, -0.05) is 140 Å². The van der Waals surface area contributed by atoms with E-state index in [-0.39, 0.29) is 0 Å². The van der Waals surface area contributed by atoms with Crippen LogP contribution in [0.4, 0.5) is 17.1 Å². The summed E-state index contributed by atoms with van der Waals surface area (Å²) in [7, 11) is 0. The first-order chi connectivity index (χ1) is 27.2. The summed E-state index contributed by atoms with van der Waals surface area (Å²) in [6.45, 7) is 0. The van der Waals surface area contributed by atoms with Gasteiger partial charge in [0.2, 0.25) is 0 Å². The Bertz CT molecular complexity index is 3240. The lowest BCUT2D eigenvalue weighted by molar-refractivity contribution is 0.670. The molecule has 0 N–H and O–H groups in total. The molecule has 0 spiro atoms. The van der Waals surface area contributed by atoms with Gasteiger partial charge in [-0.15, -0.1) is 11.3 Å². The van der Waals surface area contributed by atoms with Gasteiger partial charge in [-0.25, -0.2) is 0 Å². The molecule has 0 fully saturated rings. The molecule has 9 aromatic carbocycles. The van der Waals surface area contributed by atoms with Crippen molar-refractivity contribution in [2.24, 2.45) is 0 Å². The van der Waals surface area contributed by atoms with Crippen LogP contribution in [-0.2, 0) is 0 Å². The summed E-state index contributed by atoms with van der Waals surface area (Å²) >= 11 is 1.86. The number of para-hydroxylation sites is 2. The van der Waals surface area contributed by atoms with Crippen molar-refractivity contribution in [1.82, 2.24) is 0 Å². The van der Waals surface area contributed by atoms with E-state index in [1.807, 2.05) is 23.5 Å². The molecule has 0 saturated carbocycles. The summed E-state index contributed by atoms with van der Waals surface area (Å²) in [6.07, 6.45) is 0. The number of hydrogen-bond donors (Lipinski definition) is 0. The topological polar surface area (TPSA) is 16.4 Å². The number of rotatable bonds is 6. The van der Waals surface area contributed by atoms with E-state index in [0.717, 1.165) is 50.1 Å². The molecule has 2 aromatic heterocycles. The average Bonchev–Trinajstić information content (AvgIpc) is 3.82. The van der Waals surface area contributed by atoms with Gasteiger partial charge in [-0.2, -0.15) is 0 Å². The molecule has 0 aliphatic heterocycles. The Morgan fingerprint density at radius 1 is 0.345 bits per heavy atom. The zero-order valence-corrected chi connectivity index (χ0v) is 30.6. The standard InChI is InChI=1S/C52H33NOS/c1-2-12-35-29-38(26-25-34(35)11-1)36-13-7-16-41(30-36)53(42-17-8-14-37(31-42)39-27-28-47-46-20-4-6-24-50(46)55-51(47)33-39)43-18-9-15-40(32-43)44-21-10-22-48-45-19-3-5-23-49(45)54-52(44)48/h1-33H. The number of nitrogens with zero attached hydrogens (tertiary/aromatic N) is 1. The maximum atomic E-state index is 6.50. The van der Waals surface area contributed by atoms with Gasteiger partial charge in [0.1, 0.15) is 11.2 Å². The van der Waals surface area contributed by atoms with E-state index < -0.39 is 0 Å². The molecule has 55 heavy (non-hydrogen) atoms. The van der Waals surface area contributed by atoms with E-state index in [9.17, 15) is 0 Å². The second-order valence-corrected chi connectivity index (χ2v) is 15.2. The van der Waals surface area contributed by atoms with E-state index in [0.29, 0.717) is 0 Å². The lowest BCUT2D eigenvalue weighted by atomic mass is 9.99. The molecule has 3 heteroatoms. The lowest BCUT2D eigenvalue weighted by Crippen LogP contribution is -2.10. The van der Waals surface area contributed by atoms with Gasteiger partial charge in [0.15, 0.2) is 0 Å². The fourth-order valence-corrected chi connectivity index (χ4v) is 9.30. The number of anilines is 3. The fraction of sp³-hybridized carbons (Fsp3) is 0. The van der Waals surface area contributed by atoms with Crippen LogP contribution >= 0.6 is 11.3 Å². The number of benzene rings is 9. The molecule has 0 atom stereocenters. The smallest absolute Gasteiger partial charge is 0.143 e. The van der Waals surface area contributed by atoms with Crippen molar-refractivity contribution in [1.29, 1.82) is 0 Å². The minimum atomic E-state index is 0.902. The summed E-state index contributed by atoms with van der Waals surface area (Å²) in [5.74, 6) is 0. The molecule has 0 saturated heterocycles. The number of hydrogen-bond acceptors (Lipinski definition) is 3. The second-order valence-electron chi connectivity index (χ2n) is 14.1. The Kier molecular flexibility index (Phi) is 7.39. The maximum absolute atomic E-state index is 6.50. The zero-order chi connectivity index (χ0) is 36.3. The van der Waals surface area contributed by atoms with Crippen LogP contribution in [0.1, 0.15) is 0 Å². The third-order valence-electron chi connectivity index (χ3n) is 10.8. The normalized spacial score (nSPS) is 11.6. The van der Waals surface area contributed by atoms with Crippen LogP contribution in [-0.4, -0.2) is 0 Å². The fourth-order valence-electron chi connectivity index (χ4n) is 8.16. The molecule has 0 unspecified atom stereocenters. The molecule has 0 aliphatic rings. The zero-order valence-electron chi connectivity index (χ0n) is 29.8. The molecule has 2 heterocycles. The van der Waals surface area contributed by atoms with Crippen molar-refractivity contribution < 1.29 is 4.42 Å². The lowest BCUT2D eigenvalue weighted by Gasteiger charge is -2.27. The highest BCUT2D eigenvalue weighted by molar-refractivity contribution is 7.25. The van der Waals surface area contributed by atoms with E-state index in [4.69, 9.17) is 4.42 Å². The van der Waals surface area contributed by atoms with E-state index in [1.54, 1.807) is 0 Å². The van der Waals surface area contributed by atoms with Gasteiger partial charge in [0.25, 0.3) is 0 Å². The monoisotopic (exact) mass is 719 g/mol. The Hall–Kier alpha value is -6.94. The van der Waals surface area contributed by atoms with E-state index in [2.05, 4.69) is 193 Å². The molecular formula is C52H33NOS. The summed E-state index contributed by atoms with van der Waals surface area (Å²) in [5, 5.41) is 7.36. The van der Waals surface area contributed by atoms with Gasteiger partial charge >= 0.3 is 0 Å². The van der Waals surface area contributed by atoms with Crippen LogP contribution in [0.5, 0.6) is 0 Å². The van der Waals surface area contributed by atoms with Crippen molar-refractivity contribution in [3.8, 4) is 33.4 Å². The highest BCUT2D eigenvalue weighted by Crippen LogP contribution is 2.43. The number of thiophene rings is 1. The first kappa shape index (κ1) is 31.6. The average molecular weight is 720 g/mol. The molecular weight excluding hydrogens is 687 g/mol. The minimum absolute atomic E-state index is 0.902. The molecule has 0 aliphatic carbocycles. The molecule has 2 nitrogen and oxygen atoms in total. The van der Waals surface area contributed by atoms with Gasteiger partial charge in [-0.3, -0.25) is 0 Å². The van der Waals surface area contributed by atoms with Gasteiger partial charge in [-0.05, 0) is 99.3 Å². The van der Waals surface area contributed by atoms with Crippen LogP contribution in [0.3, 0.4) is 0 Å². The van der Waals surface area contributed by atoms with Crippen molar-refractivity contribution in [3.05, 3.63) is 200 Å². The van der Waals surface area contributed by atoms with Crippen LogP contribution < -0.4 is 4.90 Å². The van der Waals surface area contributed by atoms with Gasteiger partial charge < -0.3 is 9.32 Å². The third kappa shape index (κ3) is 5.48. The van der Waals surface area contributed by atoms with Crippen molar-refractivity contribution >= 4 is 81.3 Å². The first-order valence-electron chi connectivity index (χ1n) is 18.7.